The molecule has 2 amide bonds. The van der Waals surface area contributed by atoms with E-state index in [1.54, 1.807) is 4.90 Å². The highest BCUT2D eigenvalue weighted by Crippen LogP contribution is 2.05. The first kappa shape index (κ1) is 14.9. The van der Waals surface area contributed by atoms with Gasteiger partial charge in [0, 0.05) is 31.7 Å². The molecule has 3 N–H and O–H groups in total. The van der Waals surface area contributed by atoms with Crippen molar-refractivity contribution in [1.29, 1.82) is 0 Å². The average molecular weight is 256 g/mol. The van der Waals surface area contributed by atoms with E-state index in [4.69, 9.17) is 5.73 Å². The number of nitrogens with zero attached hydrogens (tertiary/aromatic N) is 2. The highest BCUT2D eigenvalue weighted by Gasteiger charge is 2.26. The summed E-state index contributed by atoms with van der Waals surface area (Å²) >= 11 is 0. The van der Waals surface area contributed by atoms with Gasteiger partial charge in [0.05, 0.1) is 13.1 Å². The average Bonchev–Trinajstić information content (AvgIpc) is 2.22. The zero-order chi connectivity index (χ0) is 13.7. The van der Waals surface area contributed by atoms with Crippen LogP contribution in [0, 0.1) is 0 Å². The second-order valence-electron chi connectivity index (χ2n) is 5.08. The lowest BCUT2D eigenvalue weighted by Gasteiger charge is -2.37. The number of carbonyl (C=O) groups is 2. The minimum atomic E-state index is -0.111. The van der Waals surface area contributed by atoms with E-state index in [-0.39, 0.29) is 30.4 Å². The molecular formula is C12H24N4O2. The van der Waals surface area contributed by atoms with Crippen molar-refractivity contribution in [2.45, 2.75) is 32.9 Å². The summed E-state index contributed by atoms with van der Waals surface area (Å²) in [5, 5.41) is 2.78. The zero-order valence-electron chi connectivity index (χ0n) is 11.5. The van der Waals surface area contributed by atoms with E-state index in [1.807, 2.05) is 25.7 Å². The molecule has 0 aromatic rings. The number of hydrogen-bond donors (Lipinski definition) is 2. The topological polar surface area (TPSA) is 78.7 Å². The highest BCUT2D eigenvalue weighted by molar-refractivity contribution is 5.85. The van der Waals surface area contributed by atoms with Gasteiger partial charge < -0.3 is 16.0 Å². The van der Waals surface area contributed by atoms with Gasteiger partial charge in [-0.3, -0.25) is 14.5 Å². The molecule has 0 aromatic carbocycles. The highest BCUT2D eigenvalue weighted by atomic mass is 16.2. The Kier molecular flexibility index (Phi) is 5.55. The molecule has 1 saturated heterocycles. The summed E-state index contributed by atoms with van der Waals surface area (Å²) in [5.74, 6) is -0.121. The van der Waals surface area contributed by atoms with Crippen LogP contribution in [0.1, 0.15) is 20.8 Å². The molecule has 0 spiro atoms. The van der Waals surface area contributed by atoms with E-state index in [9.17, 15) is 9.59 Å². The Morgan fingerprint density at radius 3 is 2.50 bits per heavy atom. The maximum absolute atomic E-state index is 12.0. The molecule has 0 unspecified atom stereocenters. The second-order valence-corrected chi connectivity index (χ2v) is 5.08. The van der Waals surface area contributed by atoms with Crippen LogP contribution >= 0.6 is 0 Å². The number of hydrogen-bond acceptors (Lipinski definition) is 4. The molecule has 0 atom stereocenters. The molecule has 1 fully saturated rings. The van der Waals surface area contributed by atoms with Crippen molar-refractivity contribution in [3.8, 4) is 0 Å². The first-order valence-electron chi connectivity index (χ1n) is 6.47. The maximum Gasteiger partial charge on any atom is 0.239 e. The molecule has 6 nitrogen and oxygen atoms in total. The van der Waals surface area contributed by atoms with Gasteiger partial charge in [-0.05, 0) is 20.8 Å². The van der Waals surface area contributed by atoms with Crippen molar-refractivity contribution in [2.24, 2.45) is 5.73 Å². The van der Waals surface area contributed by atoms with Gasteiger partial charge in [-0.1, -0.05) is 0 Å². The fourth-order valence-corrected chi connectivity index (χ4v) is 1.95. The summed E-state index contributed by atoms with van der Waals surface area (Å²) in [4.78, 5) is 27.1. The molecule has 1 aliphatic rings. The van der Waals surface area contributed by atoms with Crippen LogP contribution in [0.2, 0.25) is 0 Å². The summed E-state index contributed by atoms with van der Waals surface area (Å²) in [5.41, 5.74) is 5.66. The Hall–Kier alpha value is -1.14. The van der Waals surface area contributed by atoms with Crippen LogP contribution in [0.4, 0.5) is 0 Å². The van der Waals surface area contributed by atoms with Crippen molar-refractivity contribution in [2.75, 3.05) is 32.7 Å². The van der Waals surface area contributed by atoms with Crippen molar-refractivity contribution >= 4 is 11.8 Å². The van der Waals surface area contributed by atoms with Crippen LogP contribution in [-0.4, -0.2) is 66.4 Å². The molecule has 104 valence electrons. The van der Waals surface area contributed by atoms with Crippen molar-refractivity contribution < 1.29 is 9.59 Å². The summed E-state index contributed by atoms with van der Waals surface area (Å²) < 4.78 is 0. The molecule has 0 bridgehead atoms. The quantitative estimate of drug-likeness (QED) is 0.639. The molecule has 1 rings (SSSR count). The van der Waals surface area contributed by atoms with Crippen LogP contribution in [0.3, 0.4) is 0 Å². The van der Waals surface area contributed by atoms with Gasteiger partial charge in [0.2, 0.25) is 11.8 Å². The molecule has 1 heterocycles. The fourth-order valence-electron chi connectivity index (χ4n) is 1.95. The molecule has 1 aliphatic heterocycles. The second kappa shape index (κ2) is 6.70. The van der Waals surface area contributed by atoms with Gasteiger partial charge >= 0.3 is 0 Å². The standard InChI is InChI=1S/C12H24N4O2/c1-4-16(7-11(17)14-9(2)3)12(18)8-15-5-10(13)6-15/h9-10H,4-8,13H2,1-3H3,(H,14,17). The first-order chi connectivity index (χ1) is 8.42. The Bertz CT molecular complexity index is 300. The number of carbonyl (C=O) groups excluding carboxylic acids is 2. The number of likely N-dealkylation sites (N-methyl/N-ethyl adjacent to an activating group) is 1. The van der Waals surface area contributed by atoms with E-state index in [0.717, 1.165) is 13.1 Å². The first-order valence-corrected chi connectivity index (χ1v) is 6.47. The van der Waals surface area contributed by atoms with Crippen LogP contribution < -0.4 is 11.1 Å². The van der Waals surface area contributed by atoms with Gasteiger partial charge in [0.25, 0.3) is 0 Å². The normalized spacial score (nSPS) is 16.5. The Labute approximate surface area is 108 Å². The molecular weight excluding hydrogens is 232 g/mol. The Balaban J connectivity index is 2.35. The molecule has 0 aromatic heterocycles. The third kappa shape index (κ3) is 4.62. The van der Waals surface area contributed by atoms with Crippen molar-refractivity contribution in [1.82, 2.24) is 15.1 Å². The van der Waals surface area contributed by atoms with E-state index in [2.05, 4.69) is 5.32 Å². The SMILES string of the molecule is CCN(CC(=O)NC(C)C)C(=O)CN1CC(N)C1. The number of nitrogens with two attached hydrogens (primary N) is 1. The van der Waals surface area contributed by atoms with E-state index >= 15 is 0 Å². The van der Waals surface area contributed by atoms with E-state index in [1.165, 1.54) is 0 Å². The van der Waals surface area contributed by atoms with Crippen LogP contribution in [0.25, 0.3) is 0 Å². The van der Waals surface area contributed by atoms with E-state index < -0.39 is 0 Å². The van der Waals surface area contributed by atoms with Gasteiger partial charge in [-0.15, -0.1) is 0 Å². The number of nitrogens with one attached hydrogen (secondary N) is 1. The summed E-state index contributed by atoms with van der Waals surface area (Å²) in [7, 11) is 0. The summed E-state index contributed by atoms with van der Waals surface area (Å²) in [6, 6.07) is 0.289. The number of rotatable bonds is 6. The third-order valence-electron chi connectivity index (χ3n) is 2.86. The maximum atomic E-state index is 12.0. The smallest absolute Gasteiger partial charge is 0.239 e. The lowest BCUT2D eigenvalue weighted by Crippen LogP contribution is -2.58. The van der Waals surface area contributed by atoms with Crippen molar-refractivity contribution in [3.63, 3.8) is 0 Å². The minimum absolute atomic E-state index is 0.0108. The van der Waals surface area contributed by atoms with Crippen LogP contribution in [0.15, 0.2) is 0 Å². The fraction of sp³-hybridized carbons (Fsp3) is 0.833. The van der Waals surface area contributed by atoms with Crippen LogP contribution in [0.5, 0.6) is 0 Å². The van der Waals surface area contributed by atoms with Gasteiger partial charge in [-0.2, -0.15) is 0 Å². The predicted molar refractivity (Wildman–Crippen MR) is 69.9 cm³/mol. The number of likely N-dealkylation sites (tertiary alicyclic amines) is 1. The Morgan fingerprint density at radius 2 is 2.06 bits per heavy atom. The molecule has 0 aliphatic carbocycles. The van der Waals surface area contributed by atoms with E-state index in [0.29, 0.717) is 13.1 Å². The number of amides is 2. The lowest BCUT2D eigenvalue weighted by molar-refractivity contribution is -0.137. The summed E-state index contributed by atoms with van der Waals surface area (Å²) in [6.07, 6.45) is 0. The van der Waals surface area contributed by atoms with Gasteiger partial charge in [-0.25, -0.2) is 0 Å². The molecule has 18 heavy (non-hydrogen) atoms. The predicted octanol–water partition coefficient (Wildman–Crippen LogP) is -0.998. The minimum Gasteiger partial charge on any atom is -0.352 e. The molecule has 0 saturated carbocycles. The third-order valence-corrected chi connectivity index (χ3v) is 2.86. The van der Waals surface area contributed by atoms with Gasteiger partial charge in [0.15, 0.2) is 0 Å². The zero-order valence-corrected chi connectivity index (χ0v) is 11.5. The Morgan fingerprint density at radius 1 is 1.44 bits per heavy atom. The molecule has 0 radical (unpaired) electrons. The largest absolute Gasteiger partial charge is 0.352 e. The monoisotopic (exact) mass is 256 g/mol. The molecule has 6 heteroatoms. The van der Waals surface area contributed by atoms with Crippen molar-refractivity contribution in [3.05, 3.63) is 0 Å². The summed E-state index contributed by atoms with van der Waals surface area (Å²) in [6.45, 7) is 8.24. The van der Waals surface area contributed by atoms with Crippen LogP contribution in [-0.2, 0) is 9.59 Å². The lowest BCUT2D eigenvalue weighted by atomic mass is 10.1. The van der Waals surface area contributed by atoms with Gasteiger partial charge in [0.1, 0.15) is 0 Å².